The van der Waals surface area contributed by atoms with Gasteiger partial charge in [-0.05, 0) is 37.9 Å². The summed E-state index contributed by atoms with van der Waals surface area (Å²) in [6, 6.07) is 0.331. The van der Waals surface area contributed by atoms with E-state index in [1.165, 1.54) is 6.42 Å². The molecule has 94 valence electrons. The molecule has 0 aromatic carbocycles. The zero-order valence-corrected chi connectivity index (χ0v) is 11.5. The highest BCUT2D eigenvalue weighted by molar-refractivity contribution is 7.99. The van der Waals surface area contributed by atoms with E-state index >= 15 is 0 Å². The van der Waals surface area contributed by atoms with Crippen molar-refractivity contribution in [3.63, 3.8) is 0 Å². The summed E-state index contributed by atoms with van der Waals surface area (Å²) in [4.78, 5) is 14.0. The van der Waals surface area contributed by atoms with Gasteiger partial charge in [-0.15, -0.1) is 12.4 Å². The Kier molecular flexibility index (Phi) is 4.95. The number of hydrogen-bond acceptors (Lipinski definition) is 3. The standard InChI is InChI=1S/C11H20N2OS.ClH/c1-7(15-2)11(14)13-5-8-3-4-10(12)9(8)6-13;/h7-10H,3-6,12H2,1-2H3;1H. The Hall–Kier alpha value is 0.0700. The molecule has 0 radical (unpaired) electrons. The SMILES string of the molecule is CSC(C)C(=O)N1CC2CCC(N)C2C1.Cl. The van der Waals surface area contributed by atoms with E-state index in [4.69, 9.17) is 5.73 Å². The molecule has 4 unspecified atom stereocenters. The fourth-order valence-corrected chi connectivity index (χ4v) is 3.20. The van der Waals surface area contributed by atoms with E-state index < -0.39 is 0 Å². The normalized spacial score (nSPS) is 34.4. The summed E-state index contributed by atoms with van der Waals surface area (Å²) in [5, 5.41) is 0.0973. The van der Waals surface area contributed by atoms with Crippen LogP contribution in [0.5, 0.6) is 0 Å². The number of nitrogens with two attached hydrogens (primary N) is 1. The van der Waals surface area contributed by atoms with Gasteiger partial charge in [-0.2, -0.15) is 11.8 Å². The Bertz CT molecular complexity index is 264. The lowest BCUT2D eigenvalue weighted by Crippen LogP contribution is -2.37. The van der Waals surface area contributed by atoms with E-state index in [1.807, 2.05) is 18.1 Å². The highest BCUT2D eigenvalue weighted by atomic mass is 35.5. The zero-order valence-electron chi connectivity index (χ0n) is 9.89. The van der Waals surface area contributed by atoms with Crippen molar-refractivity contribution in [3.05, 3.63) is 0 Å². The first-order chi connectivity index (χ1) is 7.13. The van der Waals surface area contributed by atoms with Crippen molar-refractivity contribution in [2.45, 2.75) is 31.1 Å². The van der Waals surface area contributed by atoms with E-state index in [-0.39, 0.29) is 17.7 Å². The van der Waals surface area contributed by atoms with Crippen molar-refractivity contribution in [1.29, 1.82) is 0 Å². The van der Waals surface area contributed by atoms with Crippen molar-refractivity contribution in [3.8, 4) is 0 Å². The van der Waals surface area contributed by atoms with Gasteiger partial charge in [0.1, 0.15) is 0 Å². The second kappa shape index (κ2) is 5.61. The summed E-state index contributed by atoms with van der Waals surface area (Å²) >= 11 is 1.63. The van der Waals surface area contributed by atoms with Gasteiger partial charge in [0.2, 0.25) is 5.91 Å². The van der Waals surface area contributed by atoms with Crippen LogP contribution in [0, 0.1) is 11.8 Å². The molecule has 1 saturated heterocycles. The molecule has 1 heterocycles. The van der Waals surface area contributed by atoms with Crippen LogP contribution in [0.3, 0.4) is 0 Å². The molecule has 2 fully saturated rings. The highest BCUT2D eigenvalue weighted by Gasteiger charge is 2.42. The van der Waals surface area contributed by atoms with Gasteiger partial charge in [-0.25, -0.2) is 0 Å². The quantitative estimate of drug-likeness (QED) is 0.819. The van der Waals surface area contributed by atoms with Crippen LogP contribution < -0.4 is 5.73 Å². The molecule has 1 saturated carbocycles. The van der Waals surface area contributed by atoms with Crippen LogP contribution >= 0.6 is 24.2 Å². The summed E-state index contributed by atoms with van der Waals surface area (Å²) < 4.78 is 0. The van der Waals surface area contributed by atoms with Crippen LogP contribution in [0.15, 0.2) is 0 Å². The monoisotopic (exact) mass is 264 g/mol. The Morgan fingerprint density at radius 3 is 2.69 bits per heavy atom. The summed E-state index contributed by atoms with van der Waals surface area (Å²) in [7, 11) is 0. The van der Waals surface area contributed by atoms with Gasteiger partial charge in [0.25, 0.3) is 0 Å². The maximum Gasteiger partial charge on any atom is 0.235 e. The average Bonchev–Trinajstić information content (AvgIpc) is 2.79. The van der Waals surface area contributed by atoms with E-state index in [1.54, 1.807) is 11.8 Å². The number of carbonyl (C=O) groups is 1. The molecule has 0 aromatic rings. The molecule has 4 atom stereocenters. The summed E-state index contributed by atoms with van der Waals surface area (Å²) in [5.41, 5.74) is 6.05. The molecular formula is C11H21ClN2OS. The number of rotatable bonds is 2. The minimum Gasteiger partial charge on any atom is -0.341 e. The van der Waals surface area contributed by atoms with Crippen LogP contribution in [0.2, 0.25) is 0 Å². The molecule has 2 aliphatic rings. The number of fused-ring (bicyclic) bond motifs is 1. The third-order valence-corrected chi connectivity index (χ3v) is 4.83. The maximum atomic E-state index is 12.0. The van der Waals surface area contributed by atoms with Crippen molar-refractivity contribution in [2.24, 2.45) is 17.6 Å². The van der Waals surface area contributed by atoms with Gasteiger partial charge >= 0.3 is 0 Å². The number of carbonyl (C=O) groups excluding carboxylic acids is 1. The summed E-state index contributed by atoms with van der Waals surface area (Å²) in [6.07, 6.45) is 4.35. The predicted molar refractivity (Wildman–Crippen MR) is 71.0 cm³/mol. The van der Waals surface area contributed by atoms with Crippen LogP contribution in [-0.4, -0.2) is 41.4 Å². The second-order valence-corrected chi connectivity index (χ2v) is 5.96. The van der Waals surface area contributed by atoms with Gasteiger partial charge in [0.05, 0.1) is 5.25 Å². The Labute approximate surface area is 108 Å². The molecule has 0 bridgehead atoms. The summed E-state index contributed by atoms with van der Waals surface area (Å²) in [6.45, 7) is 3.83. The number of nitrogens with zero attached hydrogens (tertiary/aromatic N) is 1. The van der Waals surface area contributed by atoms with Gasteiger partial charge in [0, 0.05) is 19.1 Å². The Morgan fingerprint density at radius 1 is 1.44 bits per heavy atom. The second-order valence-electron chi connectivity index (χ2n) is 4.79. The molecule has 3 nitrogen and oxygen atoms in total. The molecule has 1 aliphatic heterocycles. The van der Waals surface area contributed by atoms with Crippen LogP contribution in [0.25, 0.3) is 0 Å². The number of halogens is 1. The molecule has 16 heavy (non-hydrogen) atoms. The minimum atomic E-state index is 0. The molecule has 0 aromatic heterocycles. The first kappa shape index (κ1) is 14.1. The first-order valence-electron chi connectivity index (χ1n) is 5.70. The number of thioether (sulfide) groups is 1. The first-order valence-corrected chi connectivity index (χ1v) is 6.99. The number of likely N-dealkylation sites (tertiary alicyclic amines) is 1. The zero-order chi connectivity index (χ0) is 11.0. The molecule has 5 heteroatoms. The topological polar surface area (TPSA) is 46.3 Å². The van der Waals surface area contributed by atoms with Crippen LogP contribution in [0.4, 0.5) is 0 Å². The number of hydrogen-bond donors (Lipinski definition) is 1. The van der Waals surface area contributed by atoms with Gasteiger partial charge < -0.3 is 10.6 Å². The lowest BCUT2D eigenvalue weighted by atomic mass is 9.98. The van der Waals surface area contributed by atoms with E-state index in [2.05, 4.69) is 0 Å². The Morgan fingerprint density at radius 2 is 2.12 bits per heavy atom. The summed E-state index contributed by atoms with van der Waals surface area (Å²) in [5.74, 6) is 1.55. The molecule has 2 rings (SSSR count). The largest absolute Gasteiger partial charge is 0.341 e. The molecule has 0 spiro atoms. The van der Waals surface area contributed by atoms with Crippen LogP contribution in [0.1, 0.15) is 19.8 Å². The minimum absolute atomic E-state index is 0. The van der Waals surface area contributed by atoms with E-state index in [0.29, 0.717) is 23.8 Å². The predicted octanol–water partition coefficient (Wildman–Crippen LogP) is 1.36. The third-order valence-electron chi connectivity index (χ3n) is 3.93. The van der Waals surface area contributed by atoms with Gasteiger partial charge in [-0.1, -0.05) is 0 Å². The van der Waals surface area contributed by atoms with E-state index in [0.717, 1.165) is 19.5 Å². The Balaban J connectivity index is 0.00000128. The van der Waals surface area contributed by atoms with Crippen molar-refractivity contribution < 1.29 is 4.79 Å². The van der Waals surface area contributed by atoms with Crippen molar-refractivity contribution in [2.75, 3.05) is 19.3 Å². The fourth-order valence-electron chi connectivity index (χ4n) is 2.85. The highest BCUT2D eigenvalue weighted by Crippen LogP contribution is 2.37. The number of amides is 1. The van der Waals surface area contributed by atoms with Crippen LogP contribution in [-0.2, 0) is 4.79 Å². The van der Waals surface area contributed by atoms with E-state index in [9.17, 15) is 4.79 Å². The van der Waals surface area contributed by atoms with Crippen molar-refractivity contribution >= 4 is 30.1 Å². The maximum absolute atomic E-state index is 12.0. The smallest absolute Gasteiger partial charge is 0.235 e. The molecule has 1 aliphatic carbocycles. The van der Waals surface area contributed by atoms with Gasteiger partial charge in [0.15, 0.2) is 0 Å². The molecule has 1 amide bonds. The fraction of sp³-hybridized carbons (Fsp3) is 0.909. The average molecular weight is 265 g/mol. The third kappa shape index (κ3) is 2.49. The lowest BCUT2D eigenvalue weighted by Gasteiger charge is -2.21. The molecule has 2 N–H and O–H groups in total. The molecular weight excluding hydrogens is 244 g/mol. The lowest BCUT2D eigenvalue weighted by molar-refractivity contribution is -0.129. The van der Waals surface area contributed by atoms with Gasteiger partial charge in [-0.3, -0.25) is 4.79 Å². The van der Waals surface area contributed by atoms with Crippen molar-refractivity contribution in [1.82, 2.24) is 4.90 Å².